The van der Waals surface area contributed by atoms with E-state index in [-0.39, 0.29) is 5.91 Å². The summed E-state index contributed by atoms with van der Waals surface area (Å²) in [6.07, 6.45) is 10.3. The summed E-state index contributed by atoms with van der Waals surface area (Å²) in [5, 5.41) is 3.01. The monoisotopic (exact) mass is 334 g/mol. The van der Waals surface area contributed by atoms with Gasteiger partial charge in [-0.15, -0.1) is 0 Å². The molecule has 0 atom stereocenters. The molecule has 0 saturated carbocycles. The highest BCUT2D eigenvalue weighted by atomic mass is 16.2. The number of benzene rings is 1. The first-order valence-electron chi connectivity index (χ1n) is 9.54. The molecule has 0 spiro atoms. The first-order valence-corrected chi connectivity index (χ1v) is 9.54. The predicted octanol–water partition coefficient (Wildman–Crippen LogP) is 5.04. The summed E-state index contributed by atoms with van der Waals surface area (Å²) in [7, 11) is 0. The molecule has 2 aromatic rings. The minimum absolute atomic E-state index is 0.00890. The number of carbonyl (C=O) groups is 1. The van der Waals surface area contributed by atoms with Gasteiger partial charge < -0.3 is 10.3 Å². The van der Waals surface area contributed by atoms with Gasteiger partial charge in [-0.3, -0.25) is 4.79 Å². The Labute approximate surface area is 149 Å². The Balaban J connectivity index is 1.73. The Morgan fingerprint density at radius 2 is 2.04 bits per heavy atom. The molecule has 0 saturated heterocycles. The first-order chi connectivity index (χ1) is 12.2. The van der Waals surface area contributed by atoms with E-state index in [2.05, 4.69) is 42.4 Å². The van der Waals surface area contributed by atoms with Crippen LogP contribution in [0.15, 0.2) is 18.2 Å². The number of amides is 1. The Bertz CT molecular complexity index is 857. The molecule has 0 unspecified atom stereocenters. The van der Waals surface area contributed by atoms with Crippen molar-refractivity contribution in [3.8, 4) is 0 Å². The van der Waals surface area contributed by atoms with Crippen molar-refractivity contribution in [2.45, 2.75) is 58.8 Å². The van der Waals surface area contributed by atoms with Crippen LogP contribution in [-0.2, 0) is 24.1 Å². The van der Waals surface area contributed by atoms with E-state index in [1.165, 1.54) is 48.1 Å². The molecule has 130 valence electrons. The minimum Gasteiger partial charge on any atom is -0.358 e. The summed E-state index contributed by atoms with van der Waals surface area (Å²) in [6.45, 7) is 4.39. The van der Waals surface area contributed by atoms with Crippen LogP contribution in [0.5, 0.6) is 0 Å². The van der Waals surface area contributed by atoms with Crippen molar-refractivity contribution in [2.24, 2.45) is 0 Å². The molecule has 0 fully saturated rings. The number of aromatic amines is 1. The number of hydrogen-bond acceptors (Lipinski definition) is 1. The number of rotatable bonds is 4. The quantitative estimate of drug-likeness (QED) is 0.756. The van der Waals surface area contributed by atoms with Gasteiger partial charge in [-0.2, -0.15) is 0 Å². The third-order valence-corrected chi connectivity index (χ3v) is 5.58. The van der Waals surface area contributed by atoms with Crippen LogP contribution in [-0.4, -0.2) is 10.9 Å². The van der Waals surface area contributed by atoms with Gasteiger partial charge in [-0.05, 0) is 80.3 Å². The smallest absolute Gasteiger partial charge is 0.256 e. The molecule has 2 heterocycles. The Kier molecular flexibility index (Phi) is 4.24. The molecule has 25 heavy (non-hydrogen) atoms. The normalized spacial score (nSPS) is 17.5. The number of nitrogens with one attached hydrogen (secondary N) is 2. The minimum atomic E-state index is 0.00890. The van der Waals surface area contributed by atoms with Crippen LogP contribution in [0.4, 0.5) is 5.69 Å². The van der Waals surface area contributed by atoms with Crippen LogP contribution in [0.1, 0.15) is 66.2 Å². The highest BCUT2D eigenvalue weighted by Crippen LogP contribution is 2.35. The van der Waals surface area contributed by atoms with Crippen molar-refractivity contribution in [3.05, 3.63) is 51.8 Å². The maximum absolute atomic E-state index is 12.5. The van der Waals surface area contributed by atoms with Gasteiger partial charge in [0.25, 0.3) is 5.91 Å². The average Bonchev–Trinajstić information content (AvgIpc) is 3.11. The van der Waals surface area contributed by atoms with Gasteiger partial charge in [0, 0.05) is 22.6 Å². The second-order valence-electron chi connectivity index (χ2n) is 7.32. The summed E-state index contributed by atoms with van der Waals surface area (Å²) < 4.78 is 0. The fraction of sp³-hybridized carbons (Fsp3) is 0.409. The fourth-order valence-electron chi connectivity index (χ4n) is 4.08. The largest absolute Gasteiger partial charge is 0.358 e. The lowest BCUT2D eigenvalue weighted by atomic mass is 9.94. The number of fused-ring (bicyclic) bond motifs is 2. The fourth-order valence-corrected chi connectivity index (χ4v) is 4.08. The molecule has 0 radical (unpaired) electrons. The van der Waals surface area contributed by atoms with E-state index in [0.717, 1.165) is 41.8 Å². The van der Waals surface area contributed by atoms with Crippen molar-refractivity contribution in [2.75, 3.05) is 5.32 Å². The molecule has 1 aromatic carbocycles. The molecule has 1 aliphatic carbocycles. The van der Waals surface area contributed by atoms with Crippen LogP contribution in [0.2, 0.25) is 0 Å². The van der Waals surface area contributed by atoms with Gasteiger partial charge in [-0.25, -0.2) is 0 Å². The molecule has 3 nitrogen and oxygen atoms in total. The van der Waals surface area contributed by atoms with Crippen LogP contribution < -0.4 is 5.32 Å². The van der Waals surface area contributed by atoms with Crippen LogP contribution in [0, 0.1) is 6.92 Å². The molecule has 1 amide bonds. The molecule has 0 bridgehead atoms. The zero-order chi connectivity index (χ0) is 17.4. The maximum atomic E-state index is 12.5. The molecule has 4 rings (SSSR count). The Morgan fingerprint density at radius 3 is 2.84 bits per heavy atom. The van der Waals surface area contributed by atoms with E-state index >= 15 is 0 Å². The van der Waals surface area contributed by atoms with Crippen LogP contribution in [0.25, 0.3) is 11.6 Å². The molecule has 1 aliphatic heterocycles. The van der Waals surface area contributed by atoms with Gasteiger partial charge in [-0.1, -0.05) is 19.4 Å². The Morgan fingerprint density at radius 1 is 1.20 bits per heavy atom. The second-order valence-corrected chi connectivity index (χ2v) is 7.32. The summed E-state index contributed by atoms with van der Waals surface area (Å²) in [4.78, 5) is 16.1. The number of hydrogen-bond donors (Lipinski definition) is 2. The van der Waals surface area contributed by atoms with Crippen LogP contribution >= 0.6 is 0 Å². The molecule has 2 N–H and O–H groups in total. The Hall–Kier alpha value is -2.29. The van der Waals surface area contributed by atoms with Gasteiger partial charge in [0.1, 0.15) is 0 Å². The highest BCUT2D eigenvalue weighted by Gasteiger charge is 2.25. The molecule has 2 aliphatic rings. The third kappa shape index (κ3) is 2.92. The van der Waals surface area contributed by atoms with Gasteiger partial charge in [0.15, 0.2) is 0 Å². The van der Waals surface area contributed by atoms with Crippen LogP contribution in [0.3, 0.4) is 0 Å². The third-order valence-electron chi connectivity index (χ3n) is 5.58. The van der Waals surface area contributed by atoms with E-state index in [9.17, 15) is 4.79 Å². The van der Waals surface area contributed by atoms with E-state index < -0.39 is 0 Å². The number of carbonyl (C=O) groups excluding carboxylic acids is 1. The number of unbranched alkanes of at least 4 members (excludes halogenated alkanes) is 1. The number of H-pyrrole nitrogens is 1. The van der Waals surface area contributed by atoms with Crippen molar-refractivity contribution in [1.82, 2.24) is 4.98 Å². The van der Waals surface area contributed by atoms with Crippen molar-refractivity contribution in [1.29, 1.82) is 0 Å². The van der Waals surface area contributed by atoms with Gasteiger partial charge >= 0.3 is 0 Å². The maximum Gasteiger partial charge on any atom is 0.256 e. The topological polar surface area (TPSA) is 44.9 Å². The van der Waals surface area contributed by atoms with E-state index in [0.29, 0.717) is 0 Å². The standard InChI is InChI=1S/C22H26N2O/c1-3-4-7-15-10-11-20-17(12-15)18(22(25)24-20)13-21-14(2)16-8-5-6-9-19(16)23-21/h10-13,23H,3-9H2,1-2H3,(H,24,25). The lowest BCUT2D eigenvalue weighted by Gasteiger charge is -2.10. The number of aromatic nitrogens is 1. The summed E-state index contributed by atoms with van der Waals surface area (Å²) in [5.41, 5.74) is 9.32. The van der Waals surface area contributed by atoms with E-state index in [1.807, 2.05) is 6.07 Å². The predicted molar refractivity (Wildman–Crippen MR) is 104 cm³/mol. The molecular formula is C22H26N2O. The second kappa shape index (κ2) is 6.55. The van der Waals surface area contributed by atoms with Crippen molar-refractivity contribution >= 4 is 23.2 Å². The summed E-state index contributed by atoms with van der Waals surface area (Å²) in [5.74, 6) is 0.00890. The lowest BCUT2D eigenvalue weighted by Crippen LogP contribution is -2.03. The van der Waals surface area contributed by atoms with Crippen molar-refractivity contribution in [3.63, 3.8) is 0 Å². The SMILES string of the molecule is CCCCc1ccc2c(c1)C(=Cc1[nH]c3c(c1C)CCCC3)C(=O)N2. The molecular weight excluding hydrogens is 308 g/mol. The van der Waals surface area contributed by atoms with Crippen molar-refractivity contribution < 1.29 is 4.79 Å². The first kappa shape index (κ1) is 16.2. The lowest BCUT2D eigenvalue weighted by molar-refractivity contribution is -0.110. The molecule has 1 aromatic heterocycles. The summed E-state index contributed by atoms with van der Waals surface area (Å²) in [6, 6.07) is 6.37. The van der Waals surface area contributed by atoms with Gasteiger partial charge in [0.05, 0.1) is 5.57 Å². The summed E-state index contributed by atoms with van der Waals surface area (Å²) >= 11 is 0. The van der Waals surface area contributed by atoms with E-state index in [1.54, 1.807) is 0 Å². The number of aryl methyl sites for hydroxylation is 2. The zero-order valence-electron chi connectivity index (χ0n) is 15.2. The molecule has 3 heteroatoms. The van der Waals surface area contributed by atoms with E-state index in [4.69, 9.17) is 0 Å². The highest BCUT2D eigenvalue weighted by molar-refractivity contribution is 6.34. The van der Waals surface area contributed by atoms with Gasteiger partial charge in [0.2, 0.25) is 0 Å². The average molecular weight is 334 g/mol. The number of anilines is 1. The zero-order valence-corrected chi connectivity index (χ0v) is 15.2.